The van der Waals surface area contributed by atoms with E-state index in [4.69, 9.17) is 4.74 Å². The lowest BCUT2D eigenvalue weighted by Gasteiger charge is -2.16. The van der Waals surface area contributed by atoms with Crippen molar-refractivity contribution in [3.05, 3.63) is 42.0 Å². The van der Waals surface area contributed by atoms with Crippen molar-refractivity contribution in [2.45, 2.75) is 26.5 Å². The first kappa shape index (κ1) is 15.2. The second-order valence-corrected chi connectivity index (χ2v) is 4.59. The quantitative estimate of drug-likeness (QED) is 0.815. The molecule has 0 aliphatic rings. The SMILES string of the molecule is CCOCc1nc(NC)cc(NC(C)c2cccnc2)n1. The summed E-state index contributed by atoms with van der Waals surface area (Å²) >= 11 is 0. The number of aromatic nitrogens is 3. The molecule has 0 aliphatic heterocycles. The second kappa shape index (κ2) is 7.54. The molecule has 2 aromatic rings. The predicted octanol–water partition coefficient (Wildman–Crippen LogP) is 2.62. The van der Waals surface area contributed by atoms with Crippen LogP contribution in [0.2, 0.25) is 0 Å². The molecule has 0 saturated heterocycles. The van der Waals surface area contributed by atoms with Gasteiger partial charge in [0.25, 0.3) is 0 Å². The van der Waals surface area contributed by atoms with Crippen LogP contribution in [0.5, 0.6) is 0 Å². The number of pyridine rings is 1. The van der Waals surface area contributed by atoms with Gasteiger partial charge in [0, 0.05) is 32.1 Å². The van der Waals surface area contributed by atoms with Gasteiger partial charge < -0.3 is 15.4 Å². The molecule has 0 radical (unpaired) electrons. The predicted molar refractivity (Wildman–Crippen MR) is 83.2 cm³/mol. The van der Waals surface area contributed by atoms with Crippen LogP contribution in [-0.2, 0) is 11.3 Å². The first-order valence-corrected chi connectivity index (χ1v) is 7.02. The highest BCUT2D eigenvalue weighted by atomic mass is 16.5. The highest BCUT2D eigenvalue weighted by Gasteiger charge is 2.09. The highest BCUT2D eigenvalue weighted by molar-refractivity contribution is 5.48. The number of hydrogen-bond acceptors (Lipinski definition) is 6. The molecule has 6 nitrogen and oxygen atoms in total. The van der Waals surface area contributed by atoms with E-state index in [0.29, 0.717) is 19.0 Å². The van der Waals surface area contributed by atoms with Gasteiger partial charge >= 0.3 is 0 Å². The van der Waals surface area contributed by atoms with E-state index in [1.165, 1.54) is 0 Å². The molecular weight excluding hydrogens is 266 g/mol. The molecule has 21 heavy (non-hydrogen) atoms. The maximum atomic E-state index is 5.37. The summed E-state index contributed by atoms with van der Waals surface area (Å²) in [6.07, 6.45) is 3.61. The fourth-order valence-corrected chi connectivity index (χ4v) is 1.89. The molecule has 1 unspecified atom stereocenters. The van der Waals surface area contributed by atoms with E-state index in [0.717, 1.165) is 17.2 Å². The van der Waals surface area contributed by atoms with Gasteiger partial charge in [0.2, 0.25) is 0 Å². The second-order valence-electron chi connectivity index (χ2n) is 4.59. The minimum atomic E-state index is 0.109. The Bertz CT molecular complexity index is 561. The van der Waals surface area contributed by atoms with Crippen molar-refractivity contribution in [1.82, 2.24) is 15.0 Å². The average molecular weight is 287 g/mol. The van der Waals surface area contributed by atoms with E-state index in [1.807, 2.05) is 38.4 Å². The third kappa shape index (κ3) is 4.39. The van der Waals surface area contributed by atoms with E-state index < -0.39 is 0 Å². The molecule has 0 amide bonds. The maximum absolute atomic E-state index is 5.37. The summed E-state index contributed by atoms with van der Waals surface area (Å²) in [4.78, 5) is 13.0. The summed E-state index contributed by atoms with van der Waals surface area (Å²) in [6.45, 7) is 5.07. The summed E-state index contributed by atoms with van der Waals surface area (Å²) in [5.74, 6) is 2.19. The summed E-state index contributed by atoms with van der Waals surface area (Å²) in [5.41, 5.74) is 1.11. The number of hydrogen-bond donors (Lipinski definition) is 2. The van der Waals surface area contributed by atoms with Crippen molar-refractivity contribution in [2.75, 3.05) is 24.3 Å². The third-order valence-electron chi connectivity index (χ3n) is 3.01. The van der Waals surface area contributed by atoms with E-state index in [1.54, 1.807) is 6.20 Å². The summed E-state index contributed by atoms with van der Waals surface area (Å²) in [5, 5.41) is 6.40. The van der Waals surface area contributed by atoms with Crippen LogP contribution >= 0.6 is 0 Å². The van der Waals surface area contributed by atoms with Crippen molar-refractivity contribution in [1.29, 1.82) is 0 Å². The Balaban J connectivity index is 2.14. The minimum absolute atomic E-state index is 0.109. The molecule has 0 aliphatic carbocycles. The zero-order chi connectivity index (χ0) is 15.1. The van der Waals surface area contributed by atoms with Gasteiger partial charge in [-0.25, -0.2) is 9.97 Å². The fraction of sp³-hybridized carbons (Fsp3) is 0.400. The number of rotatable bonds is 7. The van der Waals surface area contributed by atoms with Gasteiger partial charge in [-0.05, 0) is 25.5 Å². The van der Waals surface area contributed by atoms with Gasteiger partial charge in [-0.3, -0.25) is 4.98 Å². The van der Waals surface area contributed by atoms with Gasteiger partial charge in [-0.15, -0.1) is 0 Å². The highest BCUT2D eigenvalue weighted by Crippen LogP contribution is 2.19. The number of ether oxygens (including phenoxy) is 1. The Hall–Kier alpha value is -2.21. The van der Waals surface area contributed by atoms with Crippen LogP contribution in [-0.4, -0.2) is 28.6 Å². The normalized spacial score (nSPS) is 12.0. The molecule has 112 valence electrons. The van der Waals surface area contributed by atoms with Crippen molar-refractivity contribution >= 4 is 11.6 Å². The molecule has 0 spiro atoms. The van der Waals surface area contributed by atoms with Crippen LogP contribution in [0.25, 0.3) is 0 Å². The van der Waals surface area contributed by atoms with Gasteiger partial charge in [-0.2, -0.15) is 0 Å². The lowest BCUT2D eigenvalue weighted by atomic mass is 10.1. The maximum Gasteiger partial charge on any atom is 0.158 e. The molecule has 2 rings (SSSR count). The molecule has 0 bridgehead atoms. The Kier molecular flexibility index (Phi) is 5.45. The van der Waals surface area contributed by atoms with Crippen molar-refractivity contribution in [3.63, 3.8) is 0 Å². The molecule has 0 aromatic carbocycles. The van der Waals surface area contributed by atoms with Gasteiger partial charge in [-0.1, -0.05) is 6.07 Å². The topological polar surface area (TPSA) is 72.0 Å². The molecular formula is C15H21N5O. The van der Waals surface area contributed by atoms with Crippen LogP contribution in [0.4, 0.5) is 11.6 Å². The molecule has 2 aromatic heterocycles. The van der Waals surface area contributed by atoms with Crippen molar-refractivity contribution < 1.29 is 4.74 Å². The van der Waals surface area contributed by atoms with E-state index in [2.05, 4.69) is 32.5 Å². The zero-order valence-corrected chi connectivity index (χ0v) is 12.6. The van der Waals surface area contributed by atoms with E-state index in [9.17, 15) is 0 Å². The van der Waals surface area contributed by atoms with Crippen LogP contribution in [0.3, 0.4) is 0 Å². The monoisotopic (exact) mass is 287 g/mol. The Labute approximate surface area is 125 Å². The first-order valence-electron chi connectivity index (χ1n) is 7.02. The van der Waals surface area contributed by atoms with Gasteiger partial charge in [0.1, 0.15) is 18.2 Å². The molecule has 2 heterocycles. The van der Waals surface area contributed by atoms with Crippen molar-refractivity contribution in [3.8, 4) is 0 Å². The van der Waals surface area contributed by atoms with Crippen LogP contribution < -0.4 is 10.6 Å². The van der Waals surface area contributed by atoms with Gasteiger partial charge in [0.15, 0.2) is 5.82 Å². The fourth-order valence-electron chi connectivity index (χ4n) is 1.89. The van der Waals surface area contributed by atoms with Gasteiger partial charge in [0.05, 0.1) is 6.04 Å². The van der Waals surface area contributed by atoms with Crippen molar-refractivity contribution in [2.24, 2.45) is 0 Å². The van der Waals surface area contributed by atoms with Crippen LogP contribution in [0.15, 0.2) is 30.6 Å². The first-order chi connectivity index (χ1) is 10.2. The Morgan fingerprint density at radius 3 is 2.76 bits per heavy atom. The van der Waals surface area contributed by atoms with E-state index >= 15 is 0 Å². The average Bonchev–Trinajstić information content (AvgIpc) is 2.53. The number of nitrogens with one attached hydrogen (secondary N) is 2. The smallest absolute Gasteiger partial charge is 0.158 e. The molecule has 0 fully saturated rings. The summed E-state index contributed by atoms with van der Waals surface area (Å²) < 4.78 is 5.37. The van der Waals surface area contributed by atoms with E-state index in [-0.39, 0.29) is 6.04 Å². The molecule has 2 N–H and O–H groups in total. The number of anilines is 2. The van der Waals surface area contributed by atoms with Crippen LogP contribution in [0.1, 0.15) is 31.3 Å². The third-order valence-corrected chi connectivity index (χ3v) is 3.01. The Morgan fingerprint density at radius 1 is 1.29 bits per heavy atom. The molecule has 6 heteroatoms. The standard InChI is InChI=1S/C15H21N5O/c1-4-21-10-15-19-13(16-3)8-14(20-15)18-11(2)12-6-5-7-17-9-12/h5-9,11H,4,10H2,1-3H3,(H2,16,18,19,20). The zero-order valence-electron chi connectivity index (χ0n) is 12.6. The molecule has 1 atom stereocenters. The molecule has 0 saturated carbocycles. The number of nitrogens with zero attached hydrogens (tertiary/aromatic N) is 3. The summed E-state index contributed by atoms with van der Waals surface area (Å²) in [6, 6.07) is 5.94. The lowest BCUT2D eigenvalue weighted by molar-refractivity contribution is 0.128. The summed E-state index contributed by atoms with van der Waals surface area (Å²) in [7, 11) is 1.83. The van der Waals surface area contributed by atoms with Crippen LogP contribution in [0, 0.1) is 0 Å². The Morgan fingerprint density at radius 2 is 2.10 bits per heavy atom. The minimum Gasteiger partial charge on any atom is -0.374 e. The largest absolute Gasteiger partial charge is 0.374 e. The lowest BCUT2D eigenvalue weighted by Crippen LogP contribution is -2.11.